The molecule has 6 unspecified atom stereocenters. The fourth-order valence-corrected chi connectivity index (χ4v) is 6.96. The number of aliphatic imine (C=N–C) groups is 1. The highest BCUT2D eigenvalue weighted by atomic mass is 16.6. The molecule has 60 heavy (non-hydrogen) atoms. The number of benzene rings is 2. The summed E-state index contributed by atoms with van der Waals surface area (Å²) in [6, 6.07) is 20.8. The zero-order valence-corrected chi connectivity index (χ0v) is 39.2. The van der Waals surface area contributed by atoms with Gasteiger partial charge in [0.25, 0.3) is 0 Å². The lowest BCUT2D eigenvalue weighted by Gasteiger charge is -2.30. The van der Waals surface area contributed by atoms with Crippen molar-refractivity contribution in [2.45, 2.75) is 155 Å². The number of nitrogens with one attached hydrogen (secondary N) is 2. The van der Waals surface area contributed by atoms with E-state index in [0.717, 1.165) is 61.0 Å². The molecule has 0 bridgehead atoms. The lowest BCUT2D eigenvalue weighted by Crippen LogP contribution is -2.44. The summed E-state index contributed by atoms with van der Waals surface area (Å²) in [5, 5.41) is 6.22. The van der Waals surface area contributed by atoms with Gasteiger partial charge in [-0.1, -0.05) is 63.1 Å². The Bertz CT molecular complexity index is 1790. The Kier molecular flexibility index (Phi) is 17.4. The van der Waals surface area contributed by atoms with E-state index in [-0.39, 0.29) is 12.2 Å². The Balaban J connectivity index is 1.43. The van der Waals surface area contributed by atoms with Crippen molar-refractivity contribution < 1.29 is 33.1 Å². The third-order valence-electron chi connectivity index (χ3n) is 12.0. The Labute approximate surface area is 361 Å². The van der Waals surface area contributed by atoms with Crippen molar-refractivity contribution in [2.24, 2.45) is 4.99 Å². The first kappa shape index (κ1) is 48.9. The maximum atomic E-state index is 13.3. The summed E-state index contributed by atoms with van der Waals surface area (Å²) in [4.78, 5) is 36.1. The maximum absolute atomic E-state index is 13.3. The van der Waals surface area contributed by atoms with Crippen molar-refractivity contribution >= 4 is 18.2 Å². The van der Waals surface area contributed by atoms with Crippen molar-refractivity contribution in [3.63, 3.8) is 0 Å². The normalized spacial score (nSPS) is 20.0. The van der Waals surface area contributed by atoms with Crippen LogP contribution in [-0.4, -0.2) is 117 Å². The SMILES string of the molecule is CCCCOCC(CN1CC1C)OC(=O)NC(C)(C)c1cccc(C(C)(C)N=C=[N+](C)C(C)(C)c2cccc(C(C)(C)NC(=O)OC(COCCCC)CN3CC3C)c2)c1. The molecular formula is C48H77N6O6+. The maximum Gasteiger partial charge on any atom is 0.408 e. The summed E-state index contributed by atoms with van der Waals surface area (Å²) in [7, 11) is 1.98. The molecule has 2 amide bonds. The second kappa shape index (κ2) is 21.3. The predicted molar refractivity (Wildman–Crippen MR) is 239 cm³/mol. The van der Waals surface area contributed by atoms with Crippen molar-refractivity contribution in [3.8, 4) is 0 Å². The van der Waals surface area contributed by atoms with Gasteiger partial charge in [0.15, 0.2) is 5.54 Å². The molecule has 2 aromatic carbocycles. The highest BCUT2D eigenvalue weighted by molar-refractivity contribution is 5.69. The molecule has 334 valence electrons. The molecule has 0 saturated carbocycles. The highest BCUT2D eigenvalue weighted by Gasteiger charge is 2.36. The molecule has 2 aliphatic rings. The van der Waals surface area contributed by atoms with Crippen LogP contribution in [0.4, 0.5) is 9.59 Å². The molecule has 0 radical (unpaired) electrons. The van der Waals surface area contributed by atoms with Crippen LogP contribution in [0.1, 0.15) is 131 Å². The van der Waals surface area contributed by atoms with Gasteiger partial charge < -0.3 is 29.6 Å². The average Bonchev–Trinajstić information content (AvgIpc) is 4.09. The standard InChI is InChI=1S/C48H76N6O6/c1-14-16-24-57-32-41(30-53-28-35(53)3)59-43(55)50-46(7,8)38-21-18-20-37(26-38)45(5,6)49-34-52(13)48(11,12)40-23-19-22-39(27-40)47(9,10)51-44(56)60-42(31-54-29-36(54)4)33-58-25-17-15-2/h18-23,26-27,35-36,41-42H,14-17,24-25,28-33H2,1-13H3,(H-,50,51,55,56)/p+1. The van der Waals surface area contributed by atoms with Crippen molar-refractivity contribution in [2.75, 3.05) is 59.7 Å². The van der Waals surface area contributed by atoms with Gasteiger partial charge >= 0.3 is 18.2 Å². The van der Waals surface area contributed by atoms with E-state index in [1.807, 2.05) is 63.6 Å². The predicted octanol–water partition coefficient (Wildman–Crippen LogP) is 8.37. The van der Waals surface area contributed by atoms with Crippen LogP contribution in [0, 0.1) is 0 Å². The summed E-state index contributed by atoms with van der Waals surface area (Å²) in [5.41, 5.74) is 1.38. The third-order valence-corrected chi connectivity index (χ3v) is 12.0. The van der Waals surface area contributed by atoms with Gasteiger partial charge in [-0.3, -0.25) is 9.80 Å². The number of hydrogen-bond acceptors (Lipinski definition) is 9. The summed E-state index contributed by atoms with van der Waals surface area (Å²) < 4.78 is 25.6. The van der Waals surface area contributed by atoms with E-state index >= 15 is 0 Å². The molecule has 0 aromatic heterocycles. The van der Waals surface area contributed by atoms with Crippen LogP contribution in [-0.2, 0) is 41.1 Å². The van der Waals surface area contributed by atoms with E-state index in [1.54, 1.807) is 0 Å². The Morgan fingerprint density at radius 2 is 1.13 bits per heavy atom. The first-order valence-electron chi connectivity index (χ1n) is 22.2. The quantitative estimate of drug-likeness (QED) is 0.0470. The number of unbranched alkanes of at least 4 members (excludes halogenated alkanes) is 2. The van der Waals surface area contributed by atoms with Crippen LogP contribution in [0.15, 0.2) is 53.5 Å². The first-order valence-corrected chi connectivity index (χ1v) is 22.2. The monoisotopic (exact) mass is 834 g/mol. The second-order valence-electron chi connectivity index (χ2n) is 19.1. The molecule has 0 spiro atoms. The molecule has 2 heterocycles. The molecule has 0 aliphatic carbocycles. The van der Waals surface area contributed by atoms with Gasteiger partial charge in [0.05, 0.1) is 31.3 Å². The molecule has 12 nitrogen and oxygen atoms in total. The van der Waals surface area contributed by atoms with Crippen LogP contribution in [0.2, 0.25) is 0 Å². The van der Waals surface area contributed by atoms with Gasteiger partial charge in [0, 0.05) is 57.0 Å². The van der Waals surface area contributed by atoms with Gasteiger partial charge in [0.2, 0.25) is 0 Å². The molecule has 2 fully saturated rings. The Morgan fingerprint density at radius 3 is 1.55 bits per heavy atom. The number of hydrogen-bond donors (Lipinski definition) is 2. The zero-order valence-electron chi connectivity index (χ0n) is 39.2. The van der Waals surface area contributed by atoms with Crippen LogP contribution in [0.3, 0.4) is 0 Å². The first-order chi connectivity index (χ1) is 28.2. The number of carbonyl (C=O) groups excluding carboxylic acids is 2. The van der Waals surface area contributed by atoms with Crippen molar-refractivity contribution in [3.05, 3.63) is 70.8 Å². The third kappa shape index (κ3) is 14.7. The molecule has 2 saturated heterocycles. The largest absolute Gasteiger partial charge is 0.442 e. The lowest BCUT2D eigenvalue weighted by atomic mass is 9.87. The number of carbonyl (C=O) groups is 2. The van der Waals surface area contributed by atoms with Crippen LogP contribution < -0.4 is 10.6 Å². The molecule has 4 rings (SSSR count). The Morgan fingerprint density at radius 1 is 0.733 bits per heavy atom. The average molecular weight is 834 g/mol. The number of amides is 2. The van der Waals surface area contributed by atoms with E-state index in [4.69, 9.17) is 23.9 Å². The summed E-state index contributed by atoms with van der Waals surface area (Å²) in [5.74, 6) is 0. The van der Waals surface area contributed by atoms with E-state index in [1.165, 1.54) is 0 Å². The van der Waals surface area contributed by atoms with Gasteiger partial charge in [0.1, 0.15) is 17.7 Å². The molecule has 2 N–H and O–H groups in total. The minimum Gasteiger partial charge on any atom is -0.442 e. The number of nitrogens with zero attached hydrogens (tertiary/aromatic N) is 4. The fourth-order valence-electron chi connectivity index (χ4n) is 6.96. The minimum atomic E-state index is -0.710. The number of ether oxygens (including phenoxy) is 4. The van der Waals surface area contributed by atoms with Crippen molar-refractivity contribution in [1.29, 1.82) is 0 Å². The van der Waals surface area contributed by atoms with Gasteiger partial charge in [-0.2, -0.15) is 0 Å². The summed E-state index contributed by atoms with van der Waals surface area (Å²) in [6.07, 6.45) is 2.47. The van der Waals surface area contributed by atoms with Gasteiger partial charge in [-0.05, 0) is 116 Å². The molecule has 2 aromatic rings. The van der Waals surface area contributed by atoms with E-state index < -0.39 is 34.3 Å². The zero-order chi connectivity index (χ0) is 44.3. The van der Waals surface area contributed by atoms with Crippen molar-refractivity contribution in [1.82, 2.24) is 20.4 Å². The van der Waals surface area contributed by atoms with E-state index in [9.17, 15) is 9.59 Å². The highest BCUT2D eigenvalue weighted by Crippen LogP contribution is 2.31. The van der Waals surface area contributed by atoms with Gasteiger partial charge in [-0.25, -0.2) is 14.2 Å². The number of rotatable bonds is 24. The molecule has 12 heteroatoms. The molecule has 2 aliphatic heterocycles. The topological polar surface area (TPSA) is 117 Å². The molecule has 6 atom stereocenters. The minimum absolute atomic E-state index is 0.340. The van der Waals surface area contributed by atoms with Crippen LogP contribution >= 0.6 is 0 Å². The number of alkyl carbamates (subject to hydrolysis) is 2. The smallest absolute Gasteiger partial charge is 0.408 e. The summed E-state index contributed by atoms with van der Waals surface area (Å²) in [6.45, 7) is 30.4. The van der Waals surface area contributed by atoms with Crippen LogP contribution in [0.5, 0.6) is 0 Å². The summed E-state index contributed by atoms with van der Waals surface area (Å²) >= 11 is 0. The molecular weight excluding hydrogens is 757 g/mol. The van der Waals surface area contributed by atoms with Gasteiger partial charge in [-0.15, -0.1) is 0 Å². The van der Waals surface area contributed by atoms with E-state index in [0.29, 0.717) is 51.6 Å². The fraction of sp³-hybridized carbons (Fsp3) is 0.688. The van der Waals surface area contributed by atoms with Crippen LogP contribution in [0.25, 0.3) is 0 Å². The van der Waals surface area contributed by atoms with E-state index in [2.05, 4.69) is 106 Å². The lowest BCUT2D eigenvalue weighted by molar-refractivity contribution is -0.578. The second-order valence-corrected chi connectivity index (χ2v) is 19.1. The Hall–Kier alpha value is -3.80.